The Bertz CT molecular complexity index is 619. The lowest BCUT2D eigenvalue weighted by Crippen LogP contribution is -2.17. The largest absolute Gasteiger partial charge is 0.486 e. The van der Waals surface area contributed by atoms with Gasteiger partial charge in [0.25, 0.3) is 0 Å². The van der Waals surface area contributed by atoms with Gasteiger partial charge in [0.2, 0.25) is 0 Å². The molecule has 19 heavy (non-hydrogen) atoms. The number of fused-ring (bicyclic) bond motifs is 1. The number of carbonyl (C=O) groups is 1. The van der Waals surface area contributed by atoms with Crippen LogP contribution in [-0.2, 0) is 6.54 Å². The molecule has 5 heteroatoms. The zero-order valence-electron chi connectivity index (χ0n) is 10.6. The Kier molecular flexibility index (Phi) is 2.95. The summed E-state index contributed by atoms with van der Waals surface area (Å²) in [6, 6.07) is 5.35. The summed E-state index contributed by atoms with van der Waals surface area (Å²) in [5.41, 5.74) is 1.08. The Morgan fingerprint density at radius 3 is 3.00 bits per heavy atom. The molecule has 1 aliphatic heterocycles. The highest BCUT2D eigenvalue weighted by Gasteiger charge is 2.22. The molecule has 1 aliphatic rings. The molecular formula is C14H14N2O3. The van der Waals surface area contributed by atoms with Crippen molar-refractivity contribution in [1.82, 2.24) is 9.78 Å². The normalized spacial score (nSPS) is 13.3. The summed E-state index contributed by atoms with van der Waals surface area (Å²) < 4.78 is 12.8. The fourth-order valence-electron chi connectivity index (χ4n) is 2.06. The molecule has 0 saturated heterocycles. The Morgan fingerprint density at radius 1 is 1.37 bits per heavy atom. The molecule has 1 aromatic carbocycles. The monoisotopic (exact) mass is 258 g/mol. The number of aryl methyl sites for hydroxylation is 1. The van der Waals surface area contributed by atoms with Crippen LogP contribution in [0.4, 0.5) is 0 Å². The first-order chi connectivity index (χ1) is 9.29. The minimum absolute atomic E-state index is 0.0953. The molecule has 0 saturated carbocycles. The maximum Gasteiger partial charge on any atom is 0.200 e. The van der Waals surface area contributed by atoms with Crippen LogP contribution in [0.25, 0.3) is 0 Å². The highest BCUT2D eigenvalue weighted by molar-refractivity contribution is 6.10. The van der Waals surface area contributed by atoms with Gasteiger partial charge in [-0.25, -0.2) is 0 Å². The number of ketones is 1. The molecule has 0 amide bonds. The van der Waals surface area contributed by atoms with Crippen molar-refractivity contribution < 1.29 is 14.3 Å². The topological polar surface area (TPSA) is 53.4 Å². The molecule has 0 N–H and O–H groups in total. The van der Waals surface area contributed by atoms with E-state index in [4.69, 9.17) is 9.47 Å². The van der Waals surface area contributed by atoms with E-state index in [1.54, 1.807) is 35.3 Å². The van der Waals surface area contributed by atoms with E-state index in [0.717, 1.165) is 6.54 Å². The van der Waals surface area contributed by atoms with Gasteiger partial charge in [-0.3, -0.25) is 9.48 Å². The van der Waals surface area contributed by atoms with Crippen molar-refractivity contribution in [3.8, 4) is 11.5 Å². The maximum absolute atomic E-state index is 12.5. The predicted molar refractivity (Wildman–Crippen MR) is 68.8 cm³/mol. The number of rotatable bonds is 3. The fraction of sp³-hybridized carbons (Fsp3) is 0.286. The highest BCUT2D eigenvalue weighted by atomic mass is 16.6. The Morgan fingerprint density at radius 2 is 2.21 bits per heavy atom. The molecule has 0 fully saturated rings. The number of aromatic nitrogens is 2. The van der Waals surface area contributed by atoms with Gasteiger partial charge in [-0.15, -0.1) is 0 Å². The van der Waals surface area contributed by atoms with Gasteiger partial charge in [-0.05, 0) is 19.1 Å². The van der Waals surface area contributed by atoms with Crippen LogP contribution in [0.1, 0.15) is 22.8 Å². The predicted octanol–water partition coefficient (Wildman–Crippen LogP) is 1.91. The van der Waals surface area contributed by atoms with Crippen molar-refractivity contribution in [2.45, 2.75) is 13.5 Å². The van der Waals surface area contributed by atoms with Crippen LogP contribution in [-0.4, -0.2) is 28.8 Å². The summed E-state index contributed by atoms with van der Waals surface area (Å²) >= 11 is 0. The third-order valence-electron chi connectivity index (χ3n) is 3.03. The van der Waals surface area contributed by atoms with Gasteiger partial charge in [0.1, 0.15) is 13.2 Å². The first kappa shape index (κ1) is 11.8. The zero-order valence-corrected chi connectivity index (χ0v) is 10.6. The summed E-state index contributed by atoms with van der Waals surface area (Å²) in [5.74, 6) is 1.06. The maximum atomic E-state index is 12.5. The van der Waals surface area contributed by atoms with E-state index in [-0.39, 0.29) is 5.78 Å². The molecule has 0 spiro atoms. The third-order valence-corrected chi connectivity index (χ3v) is 3.03. The van der Waals surface area contributed by atoms with Gasteiger partial charge >= 0.3 is 0 Å². The van der Waals surface area contributed by atoms with Crippen molar-refractivity contribution in [1.29, 1.82) is 0 Å². The molecule has 3 rings (SSSR count). The minimum Gasteiger partial charge on any atom is -0.486 e. The summed E-state index contributed by atoms with van der Waals surface area (Å²) in [4.78, 5) is 12.5. The number of hydrogen-bond donors (Lipinski definition) is 0. The van der Waals surface area contributed by atoms with E-state index in [2.05, 4.69) is 5.10 Å². The van der Waals surface area contributed by atoms with E-state index in [1.807, 2.05) is 6.92 Å². The summed E-state index contributed by atoms with van der Waals surface area (Å²) in [5, 5.41) is 4.12. The molecule has 1 aromatic heterocycles. The molecule has 0 aliphatic carbocycles. The van der Waals surface area contributed by atoms with Crippen LogP contribution >= 0.6 is 0 Å². The minimum atomic E-state index is -0.0953. The van der Waals surface area contributed by atoms with Crippen LogP contribution in [0, 0.1) is 0 Å². The number of para-hydroxylation sites is 1. The summed E-state index contributed by atoms with van der Waals surface area (Å²) in [7, 11) is 0. The average Bonchev–Trinajstić information content (AvgIpc) is 2.95. The van der Waals surface area contributed by atoms with Crippen LogP contribution in [0.15, 0.2) is 30.6 Å². The average molecular weight is 258 g/mol. The highest BCUT2D eigenvalue weighted by Crippen LogP contribution is 2.34. The lowest BCUT2D eigenvalue weighted by molar-refractivity contribution is 0.102. The second-order valence-corrected chi connectivity index (χ2v) is 4.24. The Hall–Kier alpha value is -2.30. The van der Waals surface area contributed by atoms with Gasteiger partial charge in [0.05, 0.1) is 17.3 Å². The van der Waals surface area contributed by atoms with Crippen LogP contribution in [0.3, 0.4) is 0 Å². The second kappa shape index (κ2) is 4.76. The molecule has 0 radical (unpaired) electrons. The van der Waals surface area contributed by atoms with E-state index < -0.39 is 0 Å². The number of benzene rings is 1. The number of hydrogen-bond acceptors (Lipinski definition) is 4. The van der Waals surface area contributed by atoms with Gasteiger partial charge in [-0.2, -0.15) is 5.10 Å². The molecule has 0 unspecified atom stereocenters. The lowest BCUT2D eigenvalue weighted by atomic mass is 10.0. The summed E-state index contributed by atoms with van der Waals surface area (Å²) in [6.45, 7) is 3.69. The molecule has 2 aromatic rings. The Labute approximate surface area is 110 Å². The third kappa shape index (κ3) is 2.07. The fourth-order valence-corrected chi connectivity index (χ4v) is 2.06. The first-order valence-electron chi connectivity index (χ1n) is 6.25. The molecule has 0 atom stereocenters. The number of nitrogens with zero attached hydrogens (tertiary/aromatic N) is 2. The second-order valence-electron chi connectivity index (χ2n) is 4.24. The molecule has 2 heterocycles. The first-order valence-corrected chi connectivity index (χ1v) is 6.25. The molecule has 98 valence electrons. The van der Waals surface area contributed by atoms with Crippen LogP contribution < -0.4 is 9.47 Å². The summed E-state index contributed by atoms with van der Waals surface area (Å²) in [6.07, 6.45) is 3.32. The molecular weight excluding hydrogens is 244 g/mol. The standard InChI is InChI=1S/C14H14N2O3/c1-2-16-9-10(8-15-16)13(17)11-4-3-5-12-14(11)19-7-6-18-12/h3-5,8-9H,2,6-7H2,1H3. The molecule has 5 nitrogen and oxygen atoms in total. The van der Waals surface area contributed by atoms with E-state index in [9.17, 15) is 4.79 Å². The van der Waals surface area contributed by atoms with Crippen LogP contribution in [0.5, 0.6) is 11.5 Å². The number of carbonyl (C=O) groups excluding carboxylic acids is 1. The zero-order chi connectivity index (χ0) is 13.2. The molecule has 0 bridgehead atoms. The van der Waals surface area contributed by atoms with E-state index in [0.29, 0.717) is 35.8 Å². The van der Waals surface area contributed by atoms with Gasteiger partial charge in [0, 0.05) is 12.7 Å². The SMILES string of the molecule is CCn1cc(C(=O)c2cccc3c2OCCO3)cn1. The van der Waals surface area contributed by atoms with Gasteiger partial charge in [-0.1, -0.05) is 6.07 Å². The van der Waals surface area contributed by atoms with Crippen LogP contribution in [0.2, 0.25) is 0 Å². The van der Waals surface area contributed by atoms with Crippen molar-refractivity contribution in [3.63, 3.8) is 0 Å². The van der Waals surface area contributed by atoms with Gasteiger partial charge < -0.3 is 9.47 Å². The lowest BCUT2D eigenvalue weighted by Gasteiger charge is -2.20. The van der Waals surface area contributed by atoms with E-state index in [1.165, 1.54) is 0 Å². The quantitative estimate of drug-likeness (QED) is 0.789. The van der Waals surface area contributed by atoms with Crippen molar-refractivity contribution in [2.75, 3.05) is 13.2 Å². The van der Waals surface area contributed by atoms with Gasteiger partial charge in [0.15, 0.2) is 17.3 Å². The van der Waals surface area contributed by atoms with Crippen molar-refractivity contribution in [3.05, 3.63) is 41.7 Å². The smallest absolute Gasteiger partial charge is 0.200 e. The van der Waals surface area contributed by atoms with Crippen molar-refractivity contribution >= 4 is 5.78 Å². The number of ether oxygens (including phenoxy) is 2. The van der Waals surface area contributed by atoms with Crippen molar-refractivity contribution in [2.24, 2.45) is 0 Å². The Balaban J connectivity index is 1.99. The van der Waals surface area contributed by atoms with E-state index >= 15 is 0 Å².